The summed E-state index contributed by atoms with van der Waals surface area (Å²) in [5.41, 5.74) is 0. The maximum absolute atomic E-state index is 10.7. The van der Waals surface area contributed by atoms with Crippen LogP contribution in [0.5, 0.6) is 0 Å². The maximum Gasteiger partial charge on any atom is 0.220 e. The lowest BCUT2D eigenvalue weighted by Crippen LogP contribution is -2.36. The van der Waals surface area contributed by atoms with Gasteiger partial charge < -0.3 is 5.32 Å². The Balaban J connectivity index is 0.000000160. The van der Waals surface area contributed by atoms with E-state index in [2.05, 4.69) is 19.2 Å². The standard InChI is InChI=1S/C7H12O.C6H11NO/c1-5-3-7(8)4-6(5)2;1-5-3-2-4-6(8)7-5/h5-6H,3-4H2,1-2H3;5H,2-4H2,1H3,(H,7,8). The van der Waals surface area contributed by atoms with Crippen LogP contribution < -0.4 is 5.32 Å². The van der Waals surface area contributed by atoms with Crippen molar-refractivity contribution < 1.29 is 9.59 Å². The highest BCUT2D eigenvalue weighted by atomic mass is 16.1. The van der Waals surface area contributed by atoms with Crippen LogP contribution >= 0.6 is 0 Å². The predicted octanol–water partition coefficient (Wildman–Crippen LogP) is 2.30. The maximum atomic E-state index is 10.7. The summed E-state index contributed by atoms with van der Waals surface area (Å²) in [6.07, 6.45) is 4.57. The zero-order chi connectivity index (χ0) is 12.1. The van der Waals surface area contributed by atoms with E-state index in [0.717, 1.165) is 32.1 Å². The average molecular weight is 225 g/mol. The lowest BCUT2D eigenvalue weighted by molar-refractivity contribution is -0.123. The van der Waals surface area contributed by atoms with Crippen LogP contribution in [0.3, 0.4) is 0 Å². The van der Waals surface area contributed by atoms with Gasteiger partial charge in [-0.05, 0) is 31.6 Å². The molecule has 1 N–H and O–H groups in total. The SMILES string of the molecule is CC1CC(=O)CC1C.CC1CCCC(=O)N1. The van der Waals surface area contributed by atoms with E-state index in [1.807, 2.05) is 6.92 Å². The van der Waals surface area contributed by atoms with E-state index >= 15 is 0 Å². The van der Waals surface area contributed by atoms with Gasteiger partial charge in [-0.1, -0.05) is 13.8 Å². The fourth-order valence-corrected chi connectivity index (χ4v) is 2.19. The van der Waals surface area contributed by atoms with Gasteiger partial charge >= 0.3 is 0 Å². The fourth-order valence-electron chi connectivity index (χ4n) is 2.19. The number of carbonyl (C=O) groups excluding carboxylic acids is 2. The number of hydrogen-bond donors (Lipinski definition) is 1. The van der Waals surface area contributed by atoms with Crippen molar-refractivity contribution in [1.29, 1.82) is 0 Å². The normalized spacial score (nSPS) is 34.1. The van der Waals surface area contributed by atoms with Crippen molar-refractivity contribution in [3.05, 3.63) is 0 Å². The van der Waals surface area contributed by atoms with Crippen molar-refractivity contribution in [2.75, 3.05) is 0 Å². The Kier molecular flexibility index (Phi) is 4.97. The number of carbonyl (C=O) groups is 2. The van der Waals surface area contributed by atoms with Gasteiger partial charge in [-0.3, -0.25) is 9.59 Å². The first-order chi connectivity index (χ1) is 7.49. The lowest BCUT2D eigenvalue weighted by Gasteiger charge is -2.18. The summed E-state index contributed by atoms with van der Waals surface area (Å²) in [4.78, 5) is 21.2. The number of nitrogens with one attached hydrogen (secondary N) is 1. The summed E-state index contributed by atoms with van der Waals surface area (Å²) in [6, 6.07) is 0.413. The molecule has 0 aromatic rings. The van der Waals surface area contributed by atoms with E-state index in [0.29, 0.717) is 23.7 Å². The van der Waals surface area contributed by atoms with E-state index in [4.69, 9.17) is 0 Å². The van der Waals surface area contributed by atoms with Crippen LogP contribution in [-0.2, 0) is 9.59 Å². The fraction of sp³-hybridized carbons (Fsp3) is 0.846. The molecule has 1 amide bonds. The van der Waals surface area contributed by atoms with Crippen LogP contribution in [0.25, 0.3) is 0 Å². The predicted molar refractivity (Wildman–Crippen MR) is 64.0 cm³/mol. The van der Waals surface area contributed by atoms with Crippen molar-refractivity contribution in [2.24, 2.45) is 11.8 Å². The van der Waals surface area contributed by atoms with Crippen LogP contribution in [0.15, 0.2) is 0 Å². The molecule has 0 aromatic carbocycles. The molecule has 16 heavy (non-hydrogen) atoms. The Morgan fingerprint density at radius 1 is 1.06 bits per heavy atom. The van der Waals surface area contributed by atoms with Gasteiger partial charge in [0.1, 0.15) is 5.78 Å². The molecule has 3 heteroatoms. The summed E-state index contributed by atoms with van der Waals surface area (Å²) in [6.45, 7) is 6.34. The Bertz CT molecular complexity index is 243. The second-order valence-corrected chi connectivity index (χ2v) is 5.26. The quantitative estimate of drug-likeness (QED) is 0.687. The second-order valence-electron chi connectivity index (χ2n) is 5.26. The molecule has 2 aliphatic rings. The molecule has 92 valence electrons. The van der Waals surface area contributed by atoms with Gasteiger partial charge in [-0.15, -0.1) is 0 Å². The van der Waals surface area contributed by atoms with Crippen molar-refractivity contribution in [3.8, 4) is 0 Å². The molecule has 0 radical (unpaired) electrons. The molecule has 1 saturated heterocycles. The van der Waals surface area contributed by atoms with Crippen molar-refractivity contribution in [3.63, 3.8) is 0 Å². The number of piperidine rings is 1. The third-order valence-corrected chi connectivity index (χ3v) is 3.52. The Hall–Kier alpha value is -0.860. The molecule has 3 unspecified atom stereocenters. The zero-order valence-electron chi connectivity index (χ0n) is 10.6. The largest absolute Gasteiger partial charge is 0.354 e. The minimum absolute atomic E-state index is 0.212. The van der Waals surface area contributed by atoms with Gasteiger partial charge in [0.05, 0.1) is 0 Å². The Morgan fingerprint density at radius 3 is 1.88 bits per heavy atom. The van der Waals surface area contributed by atoms with Crippen LogP contribution in [0.2, 0.25) is 0 Å². The number of amides is 1. The van der Waals surface area contributed by atoms with Crippen LogP contribution in [0.4, 0.5) is 0 Å². The van der Waals surface area contributed by atoms with Crippen molar-refractivity contribution in [1.82, 2.24) is 5.32 Å². The van der Waals surface area contributed by atoms with Crippen LogP contribution in [-0.4, -0.2) is 17.7 Å². The van der Waals surface area contributed by atoms with Crippen LogP contribution in [0.1, 0.15) is 52.9 Å². The smallest absolute Gasteiger partial charge is 0.220 e. The molecule has 0 aromatic heterocycles. The average Bonchev–Trinajstić information content (AvgIpc) is 2.44. The number of Topliss-reactive ketones (excluding diaryl/α,β-unsaturated/α-hetero) is 1. The van der Waals surface area contributed by atoms with Crippen molar-refractivity contribution in [2.45, 2.75) is 58.9 Å². The Labute approximate surface area is 98.0 Å². The molecule has 0 spiro atoms. The molecular formula is C13H23NO2. The zero-order valence-corrected chi connectivity index (χ0v) is 10.6. The summed E-state index contributed by atoms with van der Waals surface area (Å²) in [5, 5.41) is 2.84. The summed E-state index contributed by atoms with van der Waals surface area (Å²) >= 11 is 0. The molecule has 2 fully saturated rings. The van der Waals surface area contributed by atoms with Gasteiger partial charge in [-0.2, -0.15) is 0 Å². The van der Waals surface area contributed by atoms with Gasteiger partial charge in [-0.25, -0.2) is 0 Å². The second kappa shape index (κ2) is 6.02. The molecule has 2 rings (SSSR count). The molecule has 1 heterocycles. The molecule has 3 nitrogen and oxygen atoms in total. The first kappa shape index (κ1) is 13.2. The van der Waals surface area contributed by atoms with E-state index in [9.17, 15) is 9.59 Å². The summed E-state index contributed by atoms with van der Waals surface area (Å²) in [7, 11) is 0. The van der Waals surface area contributed by atoms with Crippen LogP contribution in [0, 0.1) is 11.8 Å². The first-order valence-corrected chi connectivity index (χ1v) is 6.30. The highest BCUT2D eigenvalue weighted by molar-refractivity contribution is 5.81. The molecule has 1 aliphatic heterocycles. The van der Waals surface area contributed by atoms with Gasteiger partial charge in [0, 0.05) is 25.3 Å². The van der Waals surface area contributed by atoms with Gasteiger partial charge in [0.2, 0.25) is 5.91 Å². The van der Waals surface area contributed by atoms with Gasteiger partial charge in [0.15, 0.2) is 0 Å². The molecular weight excluding hydrogens is 202 g/mol. The number of rotatable bonds is 0. The molecule has 0 bridgehead atoms. The number of hydrogen-bond acceptors (Lipinski definition) is 2. The van der Waals surface area contributed by atoms with E-state index in [1.54, 1.807) is 0 Å². The highest BCUT2D eigenvalue weighted by Crippen LogP contribution is 2.27. The minimum atomic E-state index is 0.212. The minimum Gasteiger partial charge on any atom is -0.354 e. The van der Waals surface area contributed by atoms with Crippen molar-refractivity contribution >= 4 is 11.7 Å². The van der Waals surface area contributed by atoms with E-state index in [1.165, 1.54) is 0 Å². The summed E-state index contributed by atoms with van der Waals surface area (Å²) < 4.78 is 0. The Morgan fingerprint density at radius 2 is 1.62 bits per heavy atom. The molecule has 3 atom stereocenters. The monoisotopic (exact) mass is 225 g/mol. The summed E-state index contributed by atoms with van der Waals surface area (Å²) in [5.74, 6) is 1.94. The third kappa shape index (κ3) is 4.33. The molecule has 1 aliphatic carbocycles. The van der Waals surface area contributed by atoms with E-state index in [-0.39, 0.29) is 5.91 Å². The first-order valence-electron chi connectivity index (χ1n) is 6.30. The van der Waals surface area contributed by atoms with Gasteiger partial charge in [0.25, 0.3) is 0 Å². The number of ketones is 1. The van der Waals surface area contributed by atoms with E-state index < -0.39 is 0 Å². The molecule has 1 saturated carbocycles. The highest BCUT2D eigenvalue weighted by Gasteiger charge is 2.25. The lowest BCUT2D eigenvalue weighted by atomic mass is 10.0. The topological polar surface area (TPSA) is 46.2 Å². The third-order valence-electron chi connectivity index (χ3n) is 3.52.